The molecule has 2 aromatic rings. The van der Waals surface area contributed by atoms with Gasteiger partial charge in [0, 0.05) is 24.5 Å². The molecule has 0 saturated heterocycles. The van der Waals surface area contributed by atoms with Gasteiger partial charge in [0.1, 0.15) is 11.5 Å². The number of carbonyl (C=O) groups is 1. The summed E-state index contributed by atoms with van der Waals surface area (Å²) in [7, 11) is 0. The molecule has 0 aromatic heterocycles. The van der Waals surface area contributed by atoms with Crippen LogP contribution < -0.4 is 20.3 Å². The van der Waals surface area contributed by atoms with E-state index in [2.05, 4.69) is 35.4 Å². The van der Waals surface area contributed by atoms with Crippen molar-refractivity contribution < 1.29 is 14.6 Å². The fourth-order valence-corrected chi connectivity index (χ4v) is 2.67. The zero-order valence-corrected chi connectivity index (χ0v) is 15.7. The van der Waals surface area contributed by atoms with Crippen LogP contribution in [-0.4, -0.2) is 30.5 Å². The average Bonchev–Trinajstić information content (AvgIpc) is 2.60. The lowest BCUT2D eigenvalue weighted by atomic mass is 10.1. The number of nitrogens with one attached hydrogen (secondary N) is 2. The SMILES string of the molecule is CCN(CC)c1ccc(NC(=O)NC(C)Oc2ccc(O)cc2)c(C)c1. The number of rotatable bonds is 7. The molecule has 1 atom stereocenters. The van der Waals surface area contributed by atoms with Crippen LogP contribution in [0.5, 0.6) is 11.5 Å². The third kappa shape index (κ3) is 5.31. The number of phenols is 1. The number of aryl methyl sites for hydroxylation is 1. The van der Waals surface area contributed by atoms with Crippen molar-refractivity contribution in [3.63, 3.8) is 0 Å². The van der Waals surface area contributed by atoms with Crippen LogP contribution in [0.4, 0.5) is 16.2 Å². The van der Waals surface area contributed by atoms with E-state index in [1.807, 2.05) is 19.1 Å². The van der Waals surface area contributed by atoms with Gasteiger partial charge < -0.3 is 25.4 Å². The number of anilines is 2. The number of hydrogen-bond acceptors (Lipinski definition) is 4. The lowest BCUT2D eigenvalue weighted by Crippen LogP contribution is -2.39. The Balaban J connectivity index is 1.93. The Kier molecular flexibility index (Phi) is 6.72. The first-order valence-corrected chi connectivity index (χ1v) is 8.81. The zero-order chi connectivity index (χ0) is 19.1. The second kappa shape index (κ2) is 8.99. The molecule has 3 N–H and O–H groups in total. The third-order valence-corrected chi connectivity index (χ3v) is 4.07. The summed E-state index contributed by atoms with van der Waals surface area (Å²) in [5.74, 6) is 0.731. The molecule has 0 fully saturated rings. The minimum Gasteiger partial charge on any atom is -0.508 e. The summed E-state index contributed by atoms with van der Waals surface area (Å²) in [6, 6.07) is 12.0. The molecule has 2 aromatic carbocycles. The van der Waals surface area contributed by atoms with Crippen LogP contribution >= 0.6 is 0 Å². The first-order chi connectivity index (χ1) is 12.4. The molecule has 140 valence electrons. The van der Waals surface area contributed by atoms with Crippen LogP contribution in [0.15, 0.2) is 42.5 Å². The minimum atomic E-state index is -0.519. The fourth-order valence-electron chi connectivity index (χ4n) is 2.67. The highest BCUT2D eigenvalue weighted by Crippen LogP contribution is 2.22. The number of ether oxygens (including phenoxy) is 1. The Labute approximate surface area is 154 Å². The smallest absolute Gasteiger partial charge is 0.322 e. The number of carbonyl (C=O) groups excluding carboxylic acids is 1. The Morgan fingerprint density at radius 3 is 2.38 bits per heavy atom. The van der Waals surface area contributed by atoms with Gasteiger partial charge in [0.25, 0.3) is 0 Å². The van der Waals surface area contributed by atoms with Gasteiger partial charge in [0.15, 0.2) is 6.23 Å². The van der Waals surface area contributed by atoms with Crippen molar-refractivity contribution in [2.24, 2.45) is 0 Å². The molecular formula is C20H27N3O3. The molecule has 6 nitrogen and oxygen atoms in total. The maximum absolute atomic E-state index is 12.2. The number of hydrogen-bond donors (Lipinski definition) is 3. The van der Waals surface area contributed by atoms with Crippen molar-refractivity contribution >= 4 is 17.4 Å². The Morgan fingerprint density at radius 2 is 1.81 bits per heavy atom. The molecule has 2 rings (SSSR count). The second-order valence-electron chi connectivity index (χ2n) is 6.02. The molecule has 2 amide bonds. The maximum Gasteiger partial charge on any atom is 0.322 e. The van der Waals surface area contributed by atoms with E-state index in [4.69, 9.17) is 4.74 Å². The molecule has 0 heterocycles. The summed E-state index contributed by atoms with van der Waals surface area (Å²) in [5.41, 5.74) is 2.90. The molecule has 0 aliphatic carbocycles. The van der Waals surface area contributed by atoms with Crippen molar-refractivity contribution in [3.05, 3.63) is 48.0 Å². The molecule has 26 heavy (non-hydrogen) atoms. The topological polar surface area (TPSA) is 73.8 Å². The average molecular weight is 357 g/mol. The molecule has 0 bridgehead atoms. The number of nitrogens with zero attached hydrogens (tertiary/aromatic N) is 1. The first kappa shape index (κ1) is 19.4. The minimum absolute atomic E-state index is 0.166. The quantitative estimate of drug-likeness (QED) is 0.653. The van der Waals surface area contributed by atoms with Crippen molar-refractivity contribution in [2.45, 2.75) is 33.9 Å². The van der Waals surface area contributed by atoms with Crippen LogP contribution in [0.25, 0.3) is 0 Å². The van der Waals surface area contributed by atoms with E-state index < -0.39 is 6.23 Å². The molecule has 6 heteroatoms. The van der Waals surface area contributed by atoms with Gasteiger partial charge in [-0.2, -0.15) is 0 Å². The fraction of sp³-hybridized carbons (Fsp3) is 0.350. The largest absolute Gasteiger partial charge is 0.508 e. The maximum atomic E-state index is 12.2. The van der Waals surface area contributed by atoms with Gasteiger partial charge in [-0.15, -0.1) is 0 Å². The van der Waals surface area contributed by atoms with Gasteiger partial charge in [-0.3, -0.25) is 0 Å². The molecule has 1 unspecified atom stereocenters. The summed E-state index contributed by atoms with van der Waals surface area (Å²) < 4.78 is 5.60. The van der Waals surface area contributed by atoms with Crippen LogP contribution in [0, 0.1) is 6.92 Å². The van der Waals surface area contributed by atoms with Gasteiger partial charge in [0.2, 0.25) is 0 Å². The van der Waals surface area contributed by atoms with Crippen molar-refractivity contribution in [1.29, 1.82) is 0 Å². The number of urea groups is 1. The van der Waals surface area contributed by atoms with Gasteiger partial charge in [0.05, 0.1) is 0 Å². The van der Waals surface area contributed by atoms with Crippen LogP contribution in [-0.2, 0) is 0 Å². The number of aromatic hydroxyl groups is 1. The van der Waals surface area contributed by atoms with E-state index in [-0.39, 0.29) is 11.8 Å². The highest BCUT2D eigenvalue weighted by molar-refractivity contribution is 5.90. The van der Waals surface area contributed by atoms with Gasteiger partial charge >= 0.3 is 6.03 Å². The van der Waals surface area contributed by atoms with Gasteiger partial charge in [-0.1, -0.05) is 0 Å². The summed E-state index contributed by atoms with van der Waals surface area (Å²) in [6.07, 6.45) is -0.519. The van der Waals surface area contributed by atoms with Crippen LogP contribution in [0.2, 0.25) is 0 Å². The zero-order valence-electron chi connectivity index (χ0n) is 15.7. The molecule has 0 spiro atoms. The van der Waals surface area contributed by atoms with E-state index in [0.29, 0.717) is 5.75 Å². The van der Waals surface area contributed by atoms with E-state index >= 15 is 0 Å². The van der Waals surface area contributed by atoms with Gasteiger partial charge in [-0.25, -0.2) is 4.79 Å². The summed E-state index contributed by atoms with van der Waals surface area (Å²) in [5, 5.41) is 14.9. The molecule has 0 aliphatic heterocycles. The van der Waals surface area contributed by atoms with Crippen molar-refractivity contribution in [1.82, 2.24) is 5.32 Å². The predicted molar refractivity (Wildman–Crippen MR) is 105 cm³/mol. The number of benzene rings is 2. The van der Waals surface area contributed by atoms with E-state index in [0.717, 1.165) is 30.0 Å². The summed E-state index contributed by atoms with van der Waals surface area (Å²) in [6.45, 7) is 9.83. The molecular weight excluding hydrogens is 330 g/mol. The number of amides is 2. The summed E-state index contributed by atoms with van der Waals surface area (Å²) >= 11 is 0. The molecule has 0 saturated carbocycles. The predicted octanol–water partition coefficient (Wildman–Crippen LogP) is 4.09. The number of phenolic OH excluding ortho intramolecular Hbond substituents is 1. The monoisotopic (exact) mass is 357 g/mol. The van der Waals surface area contributed by atoms with Gasteiger partial charge in [-0.05, 0) is 75.7 Å². The Morgan fingerprint density at radius 1 is 1.15 bits per heavy atom. The molecule has 0 aliphatic rings. The van der Waals surface area contributed by atoms with Crippen LogP contribution in [0.1, 0.15) is 26.3 Å². The Hall–Kier alpha value is -2.89. The standard InChI is InChI=1S/C20H27N3O3/c1-5-23(6-2)16-7-12-19(14(3)13-16)22-20(25)21-15(4)26-18-10-8-17(24)9-11-18/h7-13,15,24H,5-6H2,1-4H3,(H2,21,22,25). The normalized spacial score (nSPS) is 11.5. The van der Waals surface area contributed by atoms with Crippen molar-refractivity contribution in [3.8, 4) is 11.5 Å². The Bertz CT molecular complexity index is 728. The highest BCUT2D eigenvalue weighted by atomic mass is 16.5. The third-order valence-electron chi connectivity index (χ3n) is 4.07. The van der Waals surface area contributed by atoms with E-state index in [1.165, 1.54) is 12.1 Å². The second-order valence-corrected chi connectivity index (χ2v) is 6.02. The van der Waals surface area contributed by atoms with Crippen molar-refractivity contribution in [2.75, 3.05) is 23.3 Å². The molecule has 0 radical (unpaired) electrons. The first-order valence-electron chi connectivity index (χ1n) is 8.81. The van der Waals surface area contributed by atoms with E-state index in [9.17, 15) is 9.90 Å². The lowest BCUT2D eigenvalue weighted by Gasteiger charge is -2.22. The highest BCUT2D eigenvalue weighted by Gasteiger charge is 2.11. The lowest BCUT2D eigenvalue weighted by molar-refractivity contribution is 0.183. The van der Waals surface area contributed by atoms with E-state index in [1.54, 1.807) is 19.1 Å². The summed E-state index contributed by atoms with van der Waals surface area (Å²) in [4.78, 5) is 14.5. The van der Waals surface area contributed by atoms with Crippen LogP contribution in [0.3, 0.4) is 0 Å².